The van der Waals surface area contributed by atoms with Gasteiger partial charge in [0, 0.05) is 26.7 Å². The minimum absolute atomic E-state index is 0.159. The van der Waals surface area contributed by atoms with Crippen LogP contribution in [0, 0.1) is 0 Å². The van der Waals surface area contributed by atoms with Crippen molar-refractivity contribution in [1.82, 2.24) is 14.6 Å². The molecule has 2 aliphatic heterocycles. The van der Waals surface area contributed by atoms with Gasteiger partial charge in [0.25, 0.3) is 0 Å². The summed E-state index contributed by atoms with van der Waals surface area (Å²) in [6.45, 7) is 1.69. The van der Waals surface area contributed by atoms with Gasteiger partial charge in [-0.25, -0.2) is 18.2 Å². The molecule has 2 fully saturated rings. The van der Waals surface area contributed by atoms with Crippen molar-refractivity contribution in [2.75, 3.05) is 42.7 Å². The average molecular weight is 367 g/mol. The van der Waals surface area contributed by atoms with Crippen molar-refractivity contribution >= 4 is 33.5 Å². The van der Waals surface area contributed by atoms with Gasteiger partial charge in [0.1, 0.15) is 11.9 Å². The summed E-state index contributed by atoms with van der Waals surface area (Å²) >= 11 is 0. The molecular formula is C15H21N5O4S. The zero-order valence-electron chi connectivity index (χ0n) is 14.2. The highest BCUT2D eigenvalue weighted by molar-refractivity contribution is 7.88. The van der Waals surface area contributed by atoms with Crippen LogP contribution in [0.15, 0.2) is 18.3 Å². The quantitative estimate of drug-likeness (QED) is 0.807. The van der Waals surface area contributed by atoms with Crippen molar-refractivity contribution in [2.45, 2.75) is 18.9 Å². The molecule has 0 aromatic carbocycles. The van der Waals surface area contributed by atoms with Gasteiger partial charge < -0.3 is 5.32 Å². The lowest BCUT2D eigenvalue weighted by molar-refractivity contribution is -0.120. The smallest absolute Gasteiger partial charge is 0.321 e. The largest absolute Gasteiger partial charge is 0.338 e. The number of carbonyl (C=O) groups is 2. The predicted molar refractivity (Wildman–Crippen MR) is 93.0 cm³/mol. The van der Waals surface area contributed by atoms with Gasteiger partial charge >= 0.3 is 6.03 Å². The lowest BCUT2D eigenvalue weighted by Gasteiger charge is -2.27. The first-order valence-electron chi connectivity index (χ1n) is 8.05. The molecule has 0 aliphatic carbocycles. The third kappa shape index (κ3) is 3.45. The number of rotatable bonds is 4. The van der Waals surface area contributed by atoms with E-state index in [1.54, 1.807) is 23.2 Å². The molecule has 1 atom stereocenters. The predicted octanol–water partition coefficient (Wildman–Crippen LogP) is -0.00200. The Bertz CT molecular complexity index is 780. The van der Waals surface area contributed by atoms with Gasteiger partial charge in [-0.15, -0.1) is 0 Å². The number of hydrogen-bond donors (Lipinski definition) is 1. The van der Waals surface area contributed by atoms with E-state index in [1.165, 1.54) is 11.9 Å². The third-order valence-corrected chi connectivity index (χ3v) is 5.84. The molecule has 3 heterocycles. The Morgan fingerprint density at radius 1 is 1.24 bits per heavy atom. The summed E-state index contributed by atoms with van der Waals surface area (Å²) in [5.41, 5.74) is 0.664. The van der Waals surface area contributed by atoms with Gasteiger partial charge in [-0.3, -0.25) is 14.6 Å². The zero-order valence-corrected chi connectivity index (χ0v) is 15.0. The number of carbonyl (C=O) groups excluding carboxylic acids is 2. The standard InChI is InChI=1S/C15H21N5O4S/c1-18(25(2,23)24)12-6-9-20(14(12)21)13-5-4-11(10-17-13)19-8-3-7-16-15(19)22/h4-5,10,12H,3,6-9H2,1-2H3,(H,16,22). The molecule has 1 aromatic heterocycles. The number of urea groups is 1. The molecule has 136 valence electrons. The molecule has 1 N–H and O–H groups in total. The summed E-state index contributed by atoms with van der Waals surface area (Å²) < 4.78 is 24.4. The molecule has 25 heavy (non-hydrogen) atoms. The fourth-order valence-electron chi connectivity index (χ4n) is 3.03. The normalized spacial score (nSPS) is 21.8. The van der Waals surface area contributed by atoms with Crippen LogP contribution in [-0.2, 0) is 14.8 Å². The fraction of sp³-hybridized carbons (Fsp3) is 0.533. The molecule has 3 rings (SSSR count). The Morgan fingerprint density at radius 3 is 2.60 bits per heavy atom. The molecule has 2 aliphatic rings. The van der Waals surface area contributed by atoms with Crippen LogP contribution >= 0.6 is 0 Å². The van der Waals surface area contributed by atoms with Crippen molar-refractivity contribution < 1.29 is 18.0 Å². The SMILES string of the molecule is CN(C1CCN(c2ccc(N3CCCNC3=O)cn2)C1=O)S(C)(=O)=O. The highest BCUT2D eigenvalue weighted by Crippen LogP contribution is 2.25. The molecule has 1 unspecified atom stereocenters. The number of nitrogens with one attached hydrogen (secondary N) is 1. The Balaban J connectivity index is 1.75. The lowest BCUT2D eigenvalue weighted by atomic mass is 10.2. The second-order valence-electron chi connectivity index (χ2n) is 6.19. The first-order valence-corrected chi connectivity index (χ1v) is 9.89. The monoisotopic (exact) mass is 367 g/mol. The van der Waals surface area contributed by atoms with E-state index in [4.69, 9.17) is 0 Å². The maximum absolute atomic E-state index is 12.5. The second-order valence-corrected chi connectivity index (χ2v) is 8.23. The van der Waals surface area contributed by atoms with E-state index < -0.39 is 16.1 Å². The van der Waals surface area contributed by atoms with Crippen molar-refractivity contribution in [1.29, 1.82) is 0 Å². The van der Waals surface area contributed by atoms with E-state index in [9.17, 15) is 18.0 Å². The number of anilines is 2. The van der Waals surface area contributed by atoms with Crippen LogP contribution < -0.4 is 15.1 Å². The van der Waals surface area contributed by atoms with Gasteiger partial charge in [-0.1, -0.05) is 0 Å². The molecule has 0 radical (unpaired) electrons. The number of aromatic nitrogens is 1. The van der Waals surface area contributed by atoms with E-state index in [0.29, 0.717) is 37.6 Å². The Kier molecular flexibility index (Phi) is 4.65. The first-order chi connectivity index (χ1) is 11.8. The first kappa shape index (κ1) is 17.6. The number of nitrogens with zero attached hydrogens (tertiary/aromatic N) is 4. The Labute approximate surface area is 146 Å². The van der Waals surface area contributed by atoms with Crippen molar-refractivity contribution in [3.63, 3.8) is 0 Å². The van der Waals surface area contributed by atoms with Gasteiger partial charge in [0.2, 0.25) is 15.9 Å². The van der Waals surface area contributed by atoms with Crippen LogP contribution in [-0.4, -0.2) is 68.6 Å². The minimum Gasteiger partial charge on any atom is -0.338 e. The van der Waals surface area contributed by atoms with E-state index in [2.05, 4.69) is 10.3 Å². The molecule has 0 spiro atoms. The highest BCUT2D eigenvalue weighted by Gasteiger charge is 2.39. The maximum Gasteiger partial charge on any atom is 0.321 e. The fourth-order valence-corrected chi connectivity index (χ4v) is 3.69. The Hall–Kier alpha value is -2.20. The number of sulfonamides is 1. The van der Waals surface area contributed by atoms with Gasteiger partial charge in [-0.2, -0.15) is 4.31 Å². The van der Waals surface area contributed by atoms with E-state index >= 15 is 0 Å². The minimum atomic E-state index is -3.44. The summed E-state index contributed by atoms with van der Waals surface area (Å²) in [5.74, 6) is 0.166. The molecule has 0 bridgehead atoms. The van der Waals surface area contributed by atoms with Crippen molar-refractivity contribution in [3.05, 3.63) is 18.3 Å². The van der Waals surface area contributed by atoms with E-state index in [0.717, 1.165) is 17.0 Å². The van der Waals surface area contributed by atoms with Crippen LogP contribution in [0.4, 0.5) is 16.3 Å². The van der Waals surface area contributed by atoms with E-state index in [-0.39, 0.29) is 11.9 Å². The molecule has 0 saturated carbocycles. The lowest BCUT2D eigenvalue weighted by Crippen LogP contribution is -2.46. The van der Waals surface area contributed by atoms with Crippen LogP contribution in [0.3, 0.4) is 0 Å². The molecule has 9 nitrogen and oxygen atoms in total. The van der Waals surface area contributed by atoms with Crippen molar-refractivity contribution in [2.24, 2.45) is 0 Å². The zero-order chi connectivity index (χ0) is 18.2. The van der Waals surface area contributed by atoms with Crippen LogP contribution in [0.1, 0.15) is 12.8 Å². The highest BCUT2D eigenvalue weighted by atomic mass is 32.2. The Morgan fingerprint density at radius 2 is 2.00 bits per heavy atom. The van der Waals surface area contributed by atoms with Gasteiger partial charge in [0.15, 0.2) is 0 Å². The summed E-state index contributed by atoms with van der Waals surface area (Å²) in [4.78, 5) is 31.8. The number of pyridine rings is 1. The molecule has 1 aromatic rings. The summed E-state index contributed by atoms with van der Waals surface area (Å²) in [6.07, 6.45) is 3.92. The molecule has 3 amide bonds. The summed E-state index contributed by atoms with van der Waals surface area (Å²) in [6, 6.07) is 2.56. The van der Waals surface area contributed by atoms with Crippen molar-refractivity contribution in [3.8, 4) is 0 Å². The van der Waals surface area contributed by atoms with Gasteiger partial charge in [0.05, 0.1) is 18.1 Å². The summed E-state index contributed by atoms with van der Waals surface area (Å²) in [5, 5.41) is 2.77. The van der Waals surface area contributed by atoms with Crippen LogP contribution in [0.25, 0.3) is 0 Å². The third-order valence-electron chi connectivity index (χ3n) is 4.54. The average Bonchev–Trinajstić information content (AvgIpc) is 2.95. The van der Waals surface area contributed by atoms with Crippen LogP contribution in [0.2, 0.25) is 0 Å². The second kappa shape index (κ2) is 6.60. The number of amides is 3. The maximum atomic E-state index is 12.5. The molecule has 2 saturated heterocycles. The van der Waals surface area contributed by atoms with Crippen LogP contribution in [0.5, 0.6) is 0 Å². The van der Waals surface area contributed by atoms with Gasteiger partial charge in [-0.05, 0) is 25.0 Å². The number of likely N-dealkylation sites (N-methyl/N-ethyl adjacent to an activating group) is 1. The summed E-state index contributed by atoms with van der Waals surface area (Å²) in [7, 11) is -2.03. The molecule has 10 heteroatoms. The topological polar surface area (TPSA) is 103 Å². The molecular weight excluding hydrogens is 346 g/mol. The van der Waals surface area contributed by atoms with E-state index in [1.807, 2.05) is 0 Å². The number of hydrogen-bond acceptors (Lipinski definition) is 5.